The minimum Gasteiger partial charge on any atom is -0.396 e. The average molecular weight is 265 g/mol. The lowest BCUT2D eigenvalue weighted by Crippen LogP contribution is -2.26. The van der Waals surface area contributed by atoms with Crippen LogP contribution in [0.3, 0.4) is 0 Å². The number of anilines is 1. The number of nitrogens with one attached hydrogen (secondary N) is 2. The predicted molar refractivity (Wildman–Crippen MR) is 72.5 cm³/mol. The quantitative estimate of drug-likeness (QED) is 0.619. The summed E-state index contributed by atoms with van der Waals surface area (Å²) in [5.74, 6) is -0.0964. The van der Waals surface area contributed by atoms with Crippen LogP contribution >= 0.6 is 0 Å². The number of aliphatic hydroxyl groups excluding tert-OH is 1. The highest BCUT2D eigenvalue weighted by molar-refractivity contribution is 5.87. The van der Waals surface area contributed by atoms with Crippen molar-refractivity contribution in [1.82, 2.24) is 5.32 Å². The zero-order chi connectivity index (χ0) is 14.3. The molecule has 1 aromatic rings. The molecule has 6 nitrogen and oxygen atoms in total. The van der Waals surface area contributed by atoms with Crippen molar-refractivity contribution in [2.75, 3.05) is 11.9 Å². The number of hydrogen-bond acceptors (Lipinski definition) is 3. The minimum absolute atomic E-state index is 0.00921. The summed E-state index contributed by atoms with van der Waals surface area (Å²) < 4.78 is 0. The topological polar surface area (TPSA) is 104 Å². The van der Waals surface area contributed by atoms with Gasteiger partial charge in [0.05, 0.1) is 6.04 Å². The van der Waals surface area contributed by atoms with Gasteiger partial charge in [0.15, 0.2) is 0 Å². The van der Waals surface area contributed by atoms with Gasteiger partial charge in [-0.1, -0.05) is 12.1 Å². The first-order valence-electron chi connectivity index (χ1n) is 6.09. The summed E-state index contributed by atoms with van der Waals surface area (Å²) in [5.41, 5.74) is 6.54. The van der Waals surface area contributed by atoms with E-state index in [9.17, 15) is 9.59 Å². The monoisotopic (exact) mass is 265 g/mol. The fraction of sp³-hybridized carbons (Fsp3) is 0.385. The predicted octanol–water partition coefficient (Wildman–Crippen LogP) is 1.13. The maximum atomic E-state index is 11.5. The summed E-state index contributed by atoms with van der Waals surface area (Å²) >= 11 is 0. The average Bonchev–Trinajstić information content (AvgIpc) is 2.36. The van der Waals surface area contributed by atoms with Crippen molar-refractivity contribution in [3.05, 3.63) is 29.8 Å². The molecule has 19 heavy (non-hydrogen) atoms. The fourth-order valence-corrected chi connectivity index (χ4v) is 1.63. The molecule has 0 saturated heterocycles. The number of primary amides is 1. The van der Waals surface area contributed by atoms with Crippen molar-refractivity contribution in [1.29, 1.82) is 0 Å². The van der Waals surface area contributed by atoms with E-state index in [0.717, 1.165) is 5.56 Å². The SMILES string of the molecule is CC(NC(=O)CCCO)c1ccc(NC(N)=O)cc1. The van der Waals surface area contributed by atoms with Gasteiger partial charge in [0.1, 0.15) is 0 Å². The summed E-state index contributed by atoms with van der Waals surface area (Å²) in [7, 11) is 0. The van der Waals surface area contributed by atoms with Gasteiger partial charge in [0.25, 0.3) is 0 Å². The Morgan fingerprint density at radius 3 is 2.47 bits per heavy atom. The Morgan fingerprint density at radius 2 is 1.95 bits per heavy atom. The molecule has 6 heteroatoms. The van der Waals surface area contributed by atoms with Crippen LogP contribution in [0.1, 0.15) is 31.4 Å². The second kappa shape index (κ2) is 7.38. The zero-order valence-electron chi connectivity index (χ0n) is 10.8. The Balaban J connectivity index is 2.55. The molecule has 3 amide bonds. The van der Waals surface area contributed by atoms with Crippen molar-refractivity contribution in [3.63, 3.8) is 0 Å². The normalized spacial score (nSPS) is 11.7. The molecule has 1 rings (SSSR count). The van der Waals surface area contributed by atoms with Gasteiger partial charge in [-0.15, -0.1) is 0 Å². The van der Waals surface area contributed by atoms with E-state index in [2.05, 4.69) is 10.6 Å². The third-order valence-corrected chi connectivity index (χ3v) is 2.62. The molecule has 104 valence electrons. The van der Waals surface area contributed by atoms with Crippen molar-refractivity contribution >= 4 is 17.6 Å². The number of aliphatic hydroxyl groups is 1. The molecule has 0 aliphatic carbocycles. The summed E-state index contributed by atoms with van der Waals surface area (Å²) in [6.45, 7) is 1.88. The van der Waals surface area contributed by atoms with E-state index in [-0.39, 0.29) is 18.6 Å². The fourth-order valence-electron chi connectivity index (χ4n) is 1.63. The van der Waals surface area contributed by atoms with Crippen LogP contribution in [0.4, 0.5) is 10.5 Å². The molecule has 0 heterocycles. The smallest absolute Gasteiger partial charge is 0.316 e. The Morgan fingerprint density at radius 1 is 1.32 bits per heavy atom. The summed E-state index contributed by atoms with van der Waals surface area (Å²) in [5, 5.41) is 13.9. The zero-order valence-corrected chi connectivity index (χ0v) is 10.8. The van der Waals surface area contributed by atoms with Crippen molar-refractivity contribution in [2.24, 2.45) is 5.73 Å². The second-order valence-corrected chi connectivity index (χ2v) is 4.23. The molecule has 0 radical (unpaired) electrons. The summed E-state index contributed by atoms with van der Waals surface area (Å²) in [6.07, 6.45) is 0.766. The van der Waals surface area contributed by atoms with Crippen LogP contribution in [-0.4, -0.2) is 23.7 Å². The van der Waals surface area contributed by atoms with Crippen LogP contribution in [0, 0.1) is 0 Å². The van der Waals surface area contributed by atoms with Gasteiger partial charge in [-0.2, -0.15) is 0 Å². The van der Waals surface area contributed by atoms with Gasteiger partial charge in [0, 0.05) is 18.7 Å². The van der Waals surface area contributed by atoms with E-state index in [1.165, 1.54) is 0 Å². The number of nitrogens with two attached hydrogens (primary N) is 1. The van der Waals surface area contributed by atoms with Crippen LogP contribution in [0.25, 0.3) is 0 Å². The first-order valence-corrected chi connectivity index (χ1v) is 6.09. The lowest BCUT2D eigenvalue weighted by atomic mass is 10.1. The van der Waals surface area contributed by atoms with Crippen LogP contribution in [0.2, 0.25) is 0 Å². The van der Waals surface area contributed by atoms with Crippen LogP contribution < -0.4 is 16.4 Å². The van der Waals surface area contributed by atoms with E-state index >= 15 is 0 Å². The maximum Gasteiger partial charge on any atom is 0.316 e. The van der Waals surface area contributed by atoms with Crippen LogP contribution in [0.15, 0.2) is 24.3 Å². The molecule has 1 aromatic carbocycles. The molecular weight excluding hydrogens is 246 g/mol. The number of rotatable bonds is 6. The molecule has 1 atom stereocenters. The lowest BCUT2D eigenvalue weighted by molar-refractivity contribution is -0.122. The Labute approximate surface area is 112 Å². The summed E-state index contributed by atoms with van der Waals surface area (Å²) in [6, 6.07) is 6.31. The highest BCUT2D eigenvalue weighted by atomic mass is 16.3. The van der Waals surface area contributed by atoms with Crippen molar-refractivity contribution < 1.29 is 14.7 Å². The van der Waals surface area contributed by atoms with E-state index < -0.39 is 6.03 Å². The van der Waals surface area contributed by atoms with E-state index in [1.807, 2.05) is 19.1 Å². The third-order valence-electron chi connectivity index (χ3n) is 2.62. The van der Waals surface area contributed by atoms with Gasteiger partial charge >= 0.3 is 6.03 Å². The number of benzene rings is 1. The minimum atomic E-state index is -0.613. The Bertz CT molecular complexity index is 431. The first kappa shape index (κ1) is 15.0. The molecular formula is C13H19N3O3. The third kappa shape index (κ3) is 5.39. The number of hydrogen-bond donors (Lipinski definition) is 4. The molecule has 5 N–H and O–H groups in total. The highest BCUT2D eigenvalue weighted by Crippen LogP contribution is 2.16. The first-order chi connectivity index (χ1) is 9.02. The van der Waals surface area contributed by atoms with Crippen molar-refractivity contribution in [3.8, 4) is 0 Å². The number of amides is 3. The van der Waals surface area contributed by atoms with Gasteiger partial charge in [-0.05, 0) is 31.0 Å². The second-order valence-electron chi connectivity index (χ2n) is 4.23. The molecule has 0 fully saturated rings. The molecule has 0 aliphatic heterocycles. The van der Waals surface area contributed by atoms with Crippen molar-refractivity contribution in [2.45, 2.75) is 25.8 Å². The lowest BCUT2D eigenvalue weighted by Gasteiger charge is -2.14. The van der Waals surface area contributed by atoms with Gasteiger partial charge in [0.2, 0.25) is 5.91 Å². The molecule has 0 aliphatic rings. The van der Waals surface area contributed by atoms with Crippen LogP contribution in [-0.2, 0) is 4.79 Å². The maximum absolute atomic E-state index is 11.5. The van der Waals surface area contributed by atoms with Gasteiger partial charge < -0.3 is 21.5 Å². The molecule has 0 spiro atoms. The number of urea groups is 1. The van der Waals surface area contributed by atoms with E-state index in [0.29, 0.717) is 18.5 Å². The van der Waals surface area contributed by atoms with Gasteiger partial charge in [-0.3, -0.25) is 4.79 Å². The standard InChI is InChI=1S/C13H19N3O3/c1-9(15-12(18)3-2-8-17)10-4-6-11(7-5-10)16-13(14)19/h4-7,9,17H,2-3,8H2,1H3,(H,15,18)(H3,14,16,19). The molecule has 1 unspecified atom stereocenters. The highest BCUT2D eigenvalue weighted by Gasteiger charge is 2.09. The number of carbonyl (C=O) groups excluding carboxylic acids is 2. The largest absolute Gasteiger partial charge is 0.396 e. The number of carbonyl (C=O) groups is 2. The Kier molecular flexibility index (Phi) is 5.81. The van der Waals surface area contributed by atoms with E-state index in [1.54, 1.807) is 12.1 Å². The molecule has 0 bridgehead atoms. The van der Waals surface area contributed by atoms with Gasteiger partial charge in [-0.25, -0.2) is 4.79 Å². The van der Waals surface area contributed by atoms with E-state index in [4.69, 9.17) is 10.8 Å². The Hall–Kier alpha value is -2.08. The molecule has 0 saturated carbocycles. The summed E-state index contributed by atoms with van der Waals surface area (Å²) in [4.78, 5) is 22.2. The van der Waals surface area contributed by atoms with Crippen LogP contribution in [0.5, 0.6) is 0 Å². The molecule has 0 aromatic heterocycles.